The van der Waals surface area contributed by atoms with Gasteiger partial charge < -0.3 is 19.3 Å². The Bertz CT molecular complexity index is 443. The molecule has 0 bridgehead atoms. The summed E-state index contributed by atoms with van der Waals surface area (Å²) < 4.78 is 15.6. The highest BCUT2D eigenvalue weighted by molar-refractivity contribution is 5.69. The van der Waals surface area contributed by atoms with E-state index in [0.29, 0.717) is 26.1 Å². The predicted octanol–water partition coefficient (Wildman–Crippen LogP) is 7.29. The Kier molecular flexibility index (Phi) is 28.1. The first-order chi connectivity index (χ1) is 17.2. The molecular weight excluding hydrogens is 444 g/mol. The highest BCUT2D eigenvalue weighted by Crippen LogP contribution is 2.13. The highest BCUT2D eigenvalue weighted by Gasteiger charge is 2.13. The van der Waals surface area contributed by atoms with Crippen LogP contribution in [0.25, 0.3) is 0 Å². The summed E-state index contributed by atoms with van der Waals surface area (Å²) >= 11 is 0. The number of ether oxygens (including phenoxy) is 3. The lowest BCUT2D eigenvalue weighted by atomic mass is 10.0. The van der Waals surface area contributed by atoms with Crippen LogP contribution >= 0.6 is 0 Å². The van der Waals surface area contributed by atoms with Crippen molar-refractivity contribution in [2.75, 3.05) is 26.4 Å². The number of hydrogen-bond acceptors (Lipinski definition) is 6. The quantitative estimate of drug-likeness (QED) is 0.0659. The smallest absolute Gasteiger partial charge is 0.306 e. The van der Waals surface area contributed by atoms with Crippen molar-refractivity contribution >= 4 is 12.4 Å². The number of carbonyl (C=O) groups excluding carboxylic acids is 2. The second-order valence-electron chi connectivity index (χ2n) is 9.80. The standard InChI is InChI=1S/C29H56O6/c1-2-3-4-5-6-7-8-9-10-11-12-13-14-17-20-23-33-26-28(25-30)35-29(32)22-19-16-15-18-21-24-34-27-31/h27-28,30H,2-26H2,1H3. The Morgan fingerprint density at radius 2 is 1.14 bits per heavy atom. The van der Waals surface area contributed by atoms with E-state index in [2.05, 4.69) is 11.7 Å². The Labute approximate surface area is 215 Å². The molecule has 208 valence electrons. The Hall–Kier alpha value is -1.14. The van der Waals surface area contributed by atoms with Crippen molar-refractivity contribution in [2.45, 2.75) is 148 Å². The van der Waals surface area contributed by atoms with Gasteiger partial charge in [0.2, 0.25) is 0 Å². The lowest BCUT2D eigenvalue weighted by molar-refractivity contribution is -0.154. The van der Waals surface area contributed by atoms with E-state index in [4.69, 9.17) is 9.47 Å². The predicted molar refractivity (Wildman–Crippen MR) is 142 cm³/mol. The summed E-state index contributed by atoms with van der Waals surface area (Å²) in [5.74, 6) is -0.274. The second-order valence-corrected chi connectivity index (χ2v) is 9.80. The molecule has 0 aliphatic rings. The van der Waals surface area contributed by atoms with Crippen molar-refractivity contribution in [2.24, 2.45) is 0 Å². The fourth-order valence-corrected chi connectivity index (χ4v) is 4.19. The van der Waals surface area contributed by atoms with Gasteiger partial charge >= 0.3 is 5.97 Å². The van der Waals surface area contributed by atoms with Gasteiger partial charge in [0.25, 0.3) is 6.47 Å². The van der Waals surface area contributed by atoms with E-state index in [1.165, 1.54) is 89.9 Å². The number of esters is 1. The van der Waals surface area contributed by atoms with Gasteiger partial charge in [-0.05, 0) is 19.3 Å². The fourth-order valence-electron chi connectivity index (χ4n) is 4.19. The van der Waals surface area contributed by atoms with Gasteiger partial charge in [-0.15, -0.1) is 0 Å². The minimum atomic E-state index is -0.570. The molecule has 0 aromatic heterocycles. The van der Waals surface area contributed by atoms with Crippen LogP contribution in [0.15, 0.2) is 0 Å². The Balaban J connectivity index is 3.38. The summed E-state index contributed by atoms with van der Waals surface area (Å²) in [6, 6.07) is 0. The molecular formula is C29H56O6. The van der Waals surface area contributed by atoms with E-state index in [1.54, 1.807) is 0 Å². The van der Waals surface area contributed by atoms with Crippen molar-refractivity contribution < 1.29 is 28.9 Å². The molecule has 0 aromatic rings. The first-order valence-corrected chi connectivity index (χ1v) is 14.7. The summed E-state index contributed by atoms with van der Waals surface area (Å²) in [5.41, 5.74) is 0. The maximum Gasteiger partial charge on any atom is 0.306 e. The molecule has 0 fully saturated rings. The van der Waals surface area contributed by atoms with Gasteiger partial charge in [0.05, 0.1) is 19.8 Å². The molecule has 0 spiro atoms. The molecule has 6 heteroatoms. The van der Waals surface area contributed by atoms with Gasteiger partial charge in [-0.3, -0.25) is 9.59 Å². The topological polar surface area (TPSA) is 82.1 Å². The molecule has 0 aromatic carbocycles. The largest absolute Gasteiger partial charge is 0.468 e. The monoisotopic (exact) mass is 500 g/mol. The molecule has 0 aliphatic carbocycles. The molecule has 6 nitrogen and oxygen atoms in total. The molecule has 0 amide bonds. The van der Waals surface area contributed by atoms with Gasteiger partial charge in [-0.25, -0.2) is 0 Å². The number of hydrogen-bond donors (Lipinski definition) is 1. The lowest BCUT2D eigenvalue weighted by Gasteiger charge is -2.15. The summed E-state index contributed by atoms with van der Waals surface area (Å²) in [6.45, 7) is 3.91. The van der Waals surface area contributed by atoms with E-state index in [-0.39, 0.29) is 19.2 Å². The Morgan fingerprint density at radius 1 is 0.686 bits per heavy atom. The third-order valence-electron chi connectivity index (χ3n) is 6.41. The number of unbranched alkanes of at least 4 members (excludes halogenated alkanes) is 18. The van der Waals surface area contributed by atoms with Crippen molar-refractivity contribution in [3.63, 3.8) is 0 Å². The number of rotatable bonds is 29. The van der Waals surface area contributed by atoms with Crippen LogP contribution in [0.4, 0.5) is 0 Å². The minimum Gasteiger partial charge on any atom is -0.468 e. The molecule has 0 heterocycles. The van der Waals surface area contributed by atoms with E-state index >= 15 is 0 Å². The molecule has 0 saturated carbocycles. The molecule has 1 atom stereocenters. The van der Waals surface area contributed by atoms with Crippen molar-refractivity contribution in [3.05, 3.63) is 0 Å². The van der Waals surface area contributed by atoms with Crippen LogP contribution in [-0.4, -0.2) is 50.1 Å². The van der Waals surface area contributed by atoms with Crippen LogP contribution < -0.4 is 0 Å². The fraction of sp³-hybridized carbons (Fsp3) is 0.931. The lowest BCUT2D eigenvalue weighted by Crippen LogP contribution is -2.27. The summed E-state index contributed by atoms with van der Waals surface area (Å²) in [6.07, 6.45) is 24.4. The van der Waals surface area contributed by atoms with Crippen molar-refractivity contribution in [1.29, 1.82) is 0 Å². The van der Waals surface area contributed by atoms with Crippen LogP contribution in [-0.2, 0) is 23.8 Å². The van der Waals surface area contributed by atoms with Crippen molar-refractivity contribution in [1.82, 2.24) is 0 Å². The number of aliphatic hydroxyl groups is 1. The van der Waals surface area contributed by atoms with Crippen LogP contribution in [0.3, 0.4) is 0 Å². The third-order valence-corrected chi connectivity index (χ3v) is 6.41. The van der Waals surface area contributed by atoms with Crippen LogP contribution in [0.1, 0.15) is 142 Å². The first kappa shape index (κ1) is 33.9. The van der Waals surface area contributed by atoms with Gasteiger partial charge in [-0.1, -0.05) is 116 Å². The van der Waals surface area contributed by atoms with Gasteiger partial charge in [0, 0.05) is 13.0 Å². The number of aliphatic hydroxyl groups excluding tert-OH is 1. The zero-order valence-corrected chi connectivity index (χ0v) is 22.8. The zero-order valence-electron chi connectivity index (χ0n) is 22.8. The van der Waals surface area contributed by atoms with Crippen LogP contribution in [0.5, 0.6) is 0 Å². The van der Waals surface area contributed by atoms with Crippen LogP contribution in [0.2, 0.25) is 0 Å². The average Bonchev–Trinajstić information content (AvgIpc) is 2.86. The van der Waals surface area contributed by atoms with Crippen LogP contribution in [0, 0.1) is 0 Å². The van der Waals surface area contributed by atoms with Gasteiger partial charge in [-0.2, -0.15) is 0 Å². The maximum atomic E-state index is 11.9. The SMILES string of the molecule is CCCCCCCCCCCCCCCCCOCC(CO)OC(=O)CCCCCCCOC=O. The normalized spacial score (nSPS) is 11.9. The van der Waals surface area contributed by atoms with E-state index < -0.39 is 6.10 Å². The van der Waals surface area contributed by atoms with Crippen molar-refractivity contribution in [3.8, 4) is 0 Å². The first-order valence-electron chi connectivity index (χ1n) is 14.7. The second kappa shape index (κ2) is 29.1. The van der Waals surface area contributed by atoms with Gasteiger partial charge in [0.1, 0.15) is 6.10 Å². The molecule has 0 rings (SSSR count). The molecule has 1 N–H and O–H groups in total. The van der Waals surface area contributed by atoms with E-state index in [9.17, 15) is 14.7 Å². The minimum absolute atomic E-state index is 0.207. The summed E-state index contributed by atoms with van der Waals surface area (Å²) in [4.78, 5) is 22.0. The molecule has 0 aliphatic heterocycles. The maximum absolute atomic E-state index is 11.9. The molecule has 0 radical (unpaired) electrons. The summed E-state index contributed by atoms with van der Waals surface area (Å²) in [7, 11) is 0. The molecule has 35 heavy (non-hydrogen) atoms. The highest BCUT2D eigenvalue weighted by atomic mass is 16.6. The zero-order chi connectivity index (χ0) is 25.7. The van der Waals surface area contributed by atoms with Gasteiger partial charge in [0.15, 0.2) is 0 Å². The van der Waals surface area contributed by atoms with E-state index in [0.717, 1.165) is 38.5 Å². The molecule has 0 saturated heterocycles. The average molecular weight is 501 g/mol. The Morgan fingerprint density at radius 3 is 1.63 bits per heavy atom. The number of carbonyl (C=O) groups is 2. The summed E-state index contributed by atoms with van der Waals surface area (Å²) in [5, 5.41) is 9.43. The third kappa shape index (κ3) is 27.3. The van der Waals surface area contributed by atoms with E-state index in [1.807, 2.05) is 0 Å². The molecule has 1 unspecified atom stereocenters.